The summed E-state index contributed by atoms with van der Waals surface area (Å²) in [5.41, 5.74) is 11.5. The summed E-state index contributed by atoms with van der Waals surface area (Å²) >= 11 is 1.57. The van der Waals surface area contributed by atoms with Crippen molar-refractivity contribution in [2.24, 2.45) is 0 Å². The van der Waals surface area contributed by atoms with Gasteiger partial charge in [0.25, 0.3) is 0 Å². The van der Waals surface area contributed by atoms with Gasteiger partial charge in [0.05, 0.1) is 34.1 Å². The van der Waals surface area contributed by atoms with E-state index < -0.39 is 0 Å². The average Bonchev–Trinajstić information content (AvgIpc) is 3.00. The van der Waals surface area contributed by atoms with Crippen LogP contribution in [0.4, 0.5) is 17.1 Å². The molecule has 0 saturated heterocycles. The SMILES string of the molecule is N#CCCN(c1ccccc1)c1ccc2scnc2c1N. The van der Waals surface area contributed by atoms with Crippen LogP contribution in [-0.2, 0) is 0 Å². The average molecular weight is 294 g/mol. The standard InChI is InChI=1S/C16H14N4S/c17-9-4-10-20(12-5-2-1-3-6-12)13-7-8-14-16(15(13)18)19-11-21-14/h1-3,5-8,11H,4,10,18H2. The first-order valence-corrected chi connectivity index (χ1v) is 7.50. The minimum Gasteiger partial charge on any atom is -0.395 e. The molecule has 1 heterocycles. The normalized spacial score (nSPS) is 10.4. The van der Waals surface area contributed by atoms with Gasteiger partial charge in [-0.15, -0.1) is 11.3 Å². The lowest BCUT2D eigenvalue weighted by atomic mass is 10.2. The number of nitrogens with two attached hydrogens (primary N) is 1. The van der Waals surface area contributed by atoms with Gasteiger partial charge in [0.15, 0.2) is 0 Å². The van der Waals surface area contributed by atoms with Crippen molar-refractivity contribution >= 4 is 38.6 Å². The number of thiazole rings is 1. The number of rotatable bonds is 4. The number of nitrogens with zero attached hydrogens (tertiary/aromatic N) is 3. The molecule has 0 fully saturated rings. The zero-order valence-electron chi connectivity index (χ0n) is 11.4. The molecular weight excluding hydrogens is 280 g/mol. The molecule has 5 heteroatoms. The Bertz CT molecular complexity index is 789. The van der Waals surface area contributed by atoms with Crippen LogP contribution in [0.15, 0.2) is 48.0 Å². The number of anilines is 3. The predicted molar refractivity (Wildman–Crippen MR) is 87.7 cm³/mol. The van der Waals surface area contributed by atoms with Crippen molar-refractivity contribution in [2.75, 3.05) is 17.2 Å². The van der Waals surface area contributed by atoms with E-state index in [9.17, 15) is 0 Å². The van der Waals surface area contributed by atoms with E-state index in [4.69, 9.17) is 11.0 Å². The molecule has 2 N–H and O–H groups in total. The minimum absolute atomic E-state index is 0.434. The second-order valence-electron chi connectivity index (χ2n) is 4.59. The highest BCUT2D eigenvalue weighted by molar-refractivity contribution is 7.16. The molecule has 21 heavy (non-hydrogen) atoms. The van der Waals surface area contributed by atoms with Crippen molar-refractivity contribution in [1.82, 2.24) is 4.98 Å². The van der Waals surface area contributed by atoms with Gasteiger partial charge in [0.1, 0.15) is 5.52 Å². The van der Waals surface area contributed by atoms with E-state index in [1.807, 2.05) is 42.5 Å². The van der Waals surface area contributed by atoms with Gasteiger partial charge in [-0.3, -0.25) is 0 Å². The Balaban J connectivity index is 2.10. The van der Waals surface area contributed by atoms with Crippen molar-refractivity contribution in [3.8, 4) is 6.07 Å². The number of para-hydroxylation sites is 1. The van der Waals surface area contributed by atoms with Gasteiger partial charge < -0.3 is 10.6 Å². The second-order valence-corrected chi connectivity index (χ2v) is 5.48. The molecule has 0 aliphatic heterocycles. The third-order valence-corrected chi connectivity index (χ3v) is 4.12. The van der Waals surface area contributed by atoms with E-state index in [0.717, 1.165) is 21.6 Å². The molecular formula is C16H14N4S. The van der Waals surface area contributed by atoms with E-state index in [1.165, 1.54) is 0 Å². The molecule has 0 amide bonds. The summed E-state index contributed by atoms with van der Waals surface area (Å²) < 4.78 is 1.07. The lowest BCUT2D eigenvalue weighted by Gasteiger charge is -2.25. The van der Waals surface area contributed by atoms with Crippen LogP contribution in [0.1, 0.15) is 6.42 Å². The van der Waals surface area contributed by atoms with Crippen LogP contribution in [-0.4, -0.2) is 11.5 Å². The van der Waals surface area contributed by atoms with E-state index >= 15 is 0 Å². The fourth-order valence-electron chi connectivity index (χ4n) is 2.34. The van der Waals surface area contributed by atoms with Gasteiger partial charge in [0.2, 0.25) is 0 Å². The van der Waals surface area contributed by atoms with E-state index in [2.05, 4.69) is 16.0 Å². The molecule has 0 radical (unpaired) electrons. The largest absolute Gasteiger partial charge is 0.395 e. The molecule has 0 aliphatic carbocycles. The predicted octanol–water partition coefficient (Wildman–Crippen LogP) is 3.93. The summed E-state index contributed by atoms with van der Waals surface area (Å²) in [6.07, 6.45) is 0.434. The molecule has 0 saturated carbocycles. The first kappa shape index (κ1) is 13.4. The van der Waals surface area contributed by atoms with Crippen molar-refractivity contribution in [3.05, 3.63) is 48.0 Å². The lowest BCUT2D eigenvalue weighted by Crippen LogP contribution is -2.19. The zero-order chi connectivity index (χ0) is 14.7. The molecule has 0 spiro atoms. The summed E-state index contributed by atoms with van der Waals surface area (Å²) in [6, 6.07) is 16.2. The topological polar surface area (TPSA) is 65.9 Å². The molecule has 0 unspecified atom stereocenters. The number of nitriles is 1. The van der Waals surface area contributed by atoms with Crippen LogP contribution in [0.2, 0.25) is 0 Å². The summed E-state index contributed by atoms with van der Waals surface area (Å²) in [7, 11) is 0. The van der Waals surface area contributed by atoms with Crippen molar-refractivity contribution in [2.45, 2.75) is 6.42 Å². The molecule has 4 nitrogen and oxygen atoms in total. The van der Waals surface area contributed by atoms with Gasteiger partial charge in [-0.25, -0.2) is 4.98 Å². The van der Waals surface area contributed by atoms with Crippen LogP contribution in [0.5, 0.6) is 0 Å². The van der Waals surface area contributed by atoms with Gasteiger partial charge in [0, 0.05) is 12.2 Å². The fourth-order valence-corrected chi connectivity index (χ4v) is 3.03. The molecule has 2 aromatic carbocycles. The van der Waals surface area contributed by atoms with Crippen molar-refractivity contribution < 1.29 is 0 Å². The monoisotopic (exact) mass is 294 g/mol. The summed E-state index contributed by atoms with van der Waals surface area (Å²) in [5.74, 6) is 0. The molecule has 0 atom stereocenters. The smallest absolute Gasteiger partial charge is 0.106 e. The maximum absolute atomic E-state index is 8.90. The maximum Gasteiger partial charge on any atom is 0.106 e. The van der Waals surface area contributed by atoms with Crippen LogP contribution in [0, 0.1) is 11.3 Å². The Kier molecular flexibility index (Phi) is 3.71. The second kappa shape index (κ2) is 5.81. The maximum atomic E-state index is 8.90. The number of aromatic nitrogens is 1. The zero-order valence-corrected chi connectivity index (χ0v) is 12.2. The number of hydrogen-bond acceptors (Lipinski definition) is 5. The first-order valence-electron chi connectivity index (χ1n) is 6.62. The number of fused-ring (bicyclic) bond motifs is 1. The molecule has 104 valence electrons. The van der Waals surface area contributed by atoms with E-state index in [0.29, 0.717) is 18.7 Å². The molecule has 0 aliphatic rings. The highest BCUT2D eigenvalue weighted by Crippen LogP contribution is 2.36. The van der Waals surface area contributed by atoms with Gasteiger partial charge >= 0.3 is 0 Å². The quantitative estimate of drug-likeness (QED) is 0.740. The Hall–Kier alpha value is -2.58. The molecule has 3 aromatic rings. The summed E-state index contributed by atoms with van der Waals surface area (Å²) in [6.45, 7) is 0.598. The fraction of sp³-hybridized carbons (Fsp3) is 0.125. The molecule has 3 rings (SSSR count). The van der Waals surface area contributed by atoms with E-state index in [-0.39, 0.29) is 0 Å². The van der Waals surface area contributed by atoms with Crippen molar-refractivity contribution in [1.29, 1.82) is 5.26 Å². The first-order chi connectivity index (χ1) is 10.3. The van der Waals surface area contributed by atoms with Crippen LogP contribution in [0.25, 0.3) is 10.2 Å². The molecule has 0 bridgehead atoms. The van der Waals surface area contributed by atoms with E-state index in [1.54, 1.807) is 16.8 Å². The van der Waals surface area contributed by atoms with Gasteiger partial charge in [-0.1, -0.05) is 18.2 Å². The Morgan fingerprint density at radius 2 is 2.00 bits per heavy atom. The highest BCUT2D eigenvalue weighted by atomic mass is 32.1. The minimum atomic E-state index is 0.434. The number of nitrogen functional groups attached to an aromatic ring is 1. The van der Waals surface area contributed by atoms with Crippen molar-refractivity contribution in [3.63, 3.8) is 0 Å². The van der Waals surface area contributed by atoms with Crippen LogP contribution < -0.4 is 10.6 Å². The number of benzene rings is 2. The lowest BCUT2D eigenvalue weighted by molar-refractivity contribution is 0.950. The Morgan fingerprint density at radius 1 is 1.19 bits per heavy atom. The van der Waals surface area contributed by atoms with Gasteiger partial charge in [-0.2, -0.15) is 5.26 Å². The summed E-state index contributed by atoms with van der Waals surface area (Å²) in [4.78, 5) is 6.40. The third-order valence-electron chi connectivity index (χ3n) is 3.32. The van der Waals surface area contributed by atoms with Crippen LogP contribution in [0.3, 0.4) is 0 Å². The third kappa shape index (κ3) is 2.54. The molecule has 1 aromatic heterocycles. The Morgan fingerprint density at radius 3 is 2.76 bits per heavy atom. The van der Waals surface area contributed by atoms with Gasteiger partial charge in [-0.05, 0) is 24.3 Å². The Labute approximate surface area is 127 Å². The summed E-state index contributed by atoms with van der Waals surface area (Å²) in [5, 5.41) is 8.90. The number of hydrogen-bond donors (Lipinski definition) is 1. The highest BCUT2D eigenvalue weighted by Gasteiger charge is 2.15. The van der Waals surface area contributed by atoms with Crippen LogP contribution >= 0.6 is 11.3 Å².